The smallest absolute Gasteiger partial charge is 0.326 e. The molecule has 1 aromatic carbocycles. The van der Waals surface area contributed by atoms with Gasteiger partial charge in [0, 0.05) is 48.9 Å². The molecule has 1 fully saturated rings. The number of amides is 3. The zero-order valence-electron chi connectivity index (χ0n) is 15.8. The van der Waals surface area contributed by atoms with E-state index in [-0.39, 0.29) is 17.4 Å². The molecule has 2 heterocycles. The Kier molecular flexibility index (Phi) is 5.81. The second-order valence-electron chi connectivity index (χ2n) is 6.86. The number of carbonyl (C=O) groups excluding carboxylic acids is 2. The molecular formula is C19H23ClN4O3S. The first-order valence-electron chi connectivity index (χ1n) is 8.76. The van der Waals surface area contributed by atoms with Crippen molar-refractivity contribution in [3.8, 4) is 0 Å². The van der Waals surface area contributed by atoms with Gasteiger partial charge in [0.25, 0.3) is 0 Å². The van der Waals surface area contributed by atoms with Crippen LogP contribution < -0.4 is 16.0 Å². The zero-order chi connectivity index (χ0) is 20.5. The Hall–Kier alpha value is -2.32. The van der Waals surface area contributed by atoms with Gasteiger partial charge in [-0.15, -0.1) is 0 Å². The summed E-state index contributed by atoms with van der Waals surface area (Å²) in [5.41, 5.74) is 6.94. The Morgan fingerprint density at radius 1 is 1.43 bits per heavy atom. The lowest BCUT2D eigenvalue weighted by atomic mass is 9.81. The van der Waals surface area contributed by atoms with Crippen molar-refractivity contribution in [1.82, 2.24) is 10.2 Å². The number of rotatable bonds is 4. The highest BCUT2D eigenvalue weighted by Gasteiger charge is 2.49. The maximum atomic E-state index is 13.0. The predicted molar refractivity (Wildman–Crippen MR) is 112 cm³/mol. The van der Waals surface area contributed by atoms with Crippen molar-refractivity contribution in [1.29, 1.82) is 0 Å². The number of hydrogen-bond donors (Lipinski definition) is 2. The van der Waals surface area contributed by atoms with Crippen molar-refractivity contribution in [2.24, 2.45) is 5.73 Å². The van der Waals surface area contributed by atoms with Crippen LogP contribution in [0.15, 0.2) is 41.1 Å². The molecule has 1 unspecified atom stereocenters. The minimum absolute atomic E-state index is 0.0359. The normalized spacial score (nSPS) is 21.0. The number of nitrogens with zero attached hydrogens (tertiary/aromatic N) is 2. The van der Waals surface area contributed by atoms with E-state index in [1.807, 2.05) is 17.0 Å². The molecule has 0 radical (unpaired) electrons. The summed E-state index contributed by atoms with van der Waals surface area (Å²) in [6.07, 6.45) is 2.09. The van der Waals surface area contributed by atoms with Gasteiger partial charge >= 0.3 is 6.03 Å². The van der Waals surface area contributed by atoms with Crippen LogP contribution in [0.3, 0.4) is 0 Å². The molecule has 7 nitrogen and oxygen atoms in total. The summed E-state index contributed by atoms with van der Waals surface area (Å²) in [6, 6.07) is 5.21. The van der Waals surface area contributed by atoms with Crippen molar-refractivity contribution >= 4 is 41.0 Å². The van der Waals surface area contributed by atoms with Gasteiger partial charge in [-0.05, 0) is 41.9 Å². The van der Waals surface area contributed by atoms with Gasteiger partial charge in [0.1, 0.15) is 0 Å². The summed E-state index contributed by atoms with van der Waals surface area (Å²) in [7, 11) is 1.49. The van der Waals surface area contributed by atoms with Crippen LogP contribution in [0.2, 0.25) is 5.02 Å². The molecule has 2 aliphatic rings. The van der Waals surface area contributed by atoms with Crippen LogP contribution in [0.1, 0.15) is 18.9 Å². The first-order valence-corrected chi connectivity index (χ1v) is 9.96. The van der Waals surface area contributed by atoms with Gasteiger partial charge in [0.2, 0.25) is 5.91 Å². The number of methoxy groups -OCH3 is 1. The van der Waals surface area contributed by atoms with Crippen LogP contribution in [-0.4, -0.2) is 43.6 Å². The number of anilines is 1. The van der Waals surface area contributed by atoms with Crippen molar-refractivity contribution in [2.45, 2.75) is 18.8 Å². The van der Waals surface area contributed by atoms with Crippen molar-refractivity contribution in [2.75, 3.05) is 31.6 Å². The third kappa shape index (κ3) is 3.79. The Labute approximate surface area is 173 Å². The second-order valence-corrected chi connectivity index (χ2v) is 8.40. The fourth-order valence-electron chi connectivity index (χ4n) is 3.79. The summed E-state index contributed by atoms with van der Waals surface area (Å²) >= 11 is 7.37. The lowest BCUT2D eigenvalue weighted by Crippen LogP contribution is -2.43. The fraction of sp³-hybridized carbons (Fsp3) is 0.368. The summed E-state index contributed by atoms with van der Waals surface area (Å²) < 4.78 is 5.08. The van der Waals surface area contributed by atoms with E-state index < -0.39 is 0 Å². The summed E-state index contributed by atoms with van der Waals surface area (Å²) in [5, 5.41) is 4.23. The van der Waals surface area contributed by atoms with E-state index in [0.29, 0.717) is 34.8 Å². The lowest BCUT2D eigenvalue weighted by Gasteiger charge is -2.25. The lowest BCUT2D eigenvalue weighted by molar-refractivity contribution is -0.127. The molecule has 0 saturated carbocycles. The molecule has 0 bridgehead atoms. The van der Waals surface area contributed by atoms with Gasteiger partial charge in [-0.2, -0.15) is 0 Å². The van der Waals surface area contributed by atoms with Crippen molar-refractivity contribution in [3.63, 3.8) is 0 Å². The second kappa shape index (κ2) is 7.97. The topological polar surface area (TPSA) is 87.9 Å². The van der Waals surface area contributed by atoms with E-state index in [0.717, 1.165) is 29.4 Å². The molecule has 0 aromatic heterocycles. The molecule has 1 saturated heterocycles. The first-order chi connectivity index (χ1) is 13.3. The molecule has 28 heavy (non-hydrogen) atoms. The summed E-state index contributed by atoms with van der Waals surface area (Å²) in [5.74, 6) is 0.0359. The molecule has 150 valence electrons. The fourth-order valence-corrected chi connectivity index (χ4v) is 4.49. The third-order valence-corrected chi connectivity index (χ3v) is 6.22. The Bertz CT molecular complexity index is 860. The van der Waals surface area contributed by atoms with Gasteiger partial charge in [-0.25, -0.2) is 4.79 Å². The summed E-state index contributed by atoms with van der Waals surface area (Å²) in [4.78, 5) is 28.3. The third-order valence-electron chi connectivity index (χ3n) is 5.13. The maximum Gasteiger partial charge on any atom is 0.326 e. The monoisotopic (exact) mass is 422 g/mol. The van der Waals surface area contributed by atoms with E-state index in [2.05, 4.69) is 11.9 Å². The molecule has 1 spiro atoms. The van der Waals surface area contributed by atoms with Crippen LogP contribution in [0.25, 0.3) is 0 Å². The molecule has 3 amide bonds. The van der Waals surface area contributed by atoms with E-state index in [4.69, 9.17) is 22.1 Å². The van der Waals surface area contributed by atoms with Crippen LogP contribution in [0.4, 0.5) is 10.5 Å². The number of fused-ring (bicyclic) bond motifs is 2. The summed E-state index contributed by atoms with van der Waals surface area (Å²) in [6.45, 7) is 7.12. The quantitative estimate of drug-likeness (QED) is 0.728. The highest BCUT2D eigenvalue weighted by Crippen LogP contribution is 2.47. The number of halogens is 1. The van der Waals surface area contributed by atoms with Crippen LogP contribution in [0, 0.1) is 0 Å². The number of nitrogens with one attached hydrogen (secondary N) is 1. The Morgan fingerprint density at radius 2 is 2.18 bits per heavy atom. The molecule has 3 rings (SSSR count). The number of nitrogens with two attached hydrogens (primary N) is 1. The zero-order valence-corrected chi connectivity index (χ0v) is 17.4. The predicted octanol–water partition coefficient (Wildman–Crippen LogP) is 2.97. The van der Waals surface area contributed by atoms with Crippen LogP contribution in [-0.2, 0) is 14.9 Å². The van der Waals surface area contributed by atoms with E-state index in [1.165, 1.54) is 13.3 Å². The SMILES string of the molecule is C=C(NC(=O)N1CC2(CCN(C(C)=O)C2)c2cc(Cl)ccc21)S/C(=C\N)OC. The number of ether oxygens (including phenoxy) is 1. The molecule has 0 aliphatic carbocycles. The first kappa shape index (κ1) is 20.4. The largest absolute Gasteiger partial charge is 0.489 e. The van der Waals surface area contributed by atoms with Crippen molar-refractivity contribution in [3.05, 3.63) is 51.7 Å². The highest BCUT2D eigenvalue weighted by molar-refractivity contribution is 8.06. The Morgan fingerprint density at radius 3 is 2.79 bits per heavy atom. The minimum atomic E-state index is -0.313. The van der Waals surface area contributed by atoms with Gasteiger partial charge in [0.15, 0.2) is 5.09 Å². The molecule has 9 heteroatoms. The minimum Gasteiger partial charge on any atom is -0.489 e. The maximum absolute atomic E-state index is 13.0. The molecule has 2 aliphatic heterocycles. The number of likely N-dealkylation sites (tertiary alicyclic amines) is 1. The van der Waals surface area contributed by atoms with Crippen LogP contribution in [0.5, 0.6) is 0 Å². The van der Waals surface area contributed by atoms with E-state index in [9.17, 15) is 9.59 Å². The number of urea groups is 1. The number of carbonyl (C=O) groups is 2. The molecular weight excluding hydrogens is 400 g/mol. The number of hydrogen-bond acceptors (Lipinski definition) is 5. The average Bonchev–Trinajstić information content (AvgIpc) is 3.22. The Balaban J connectivity index is 1.83. The average molecular weight is 423 g/mol. The molecule has 1 aromatic rings. The molecule has 3 N–H and O–H groups in total. The van der Waals surface area contributed by atoms with Gasteiger partial charge < -0.3 is 20.7 Å². The molecule has 1 atom stereocenters. The van der Waals surface area contributed by atoms with Gasteiger partial charge in [-0.1, -0.05) is 18.2 Å². The van der Waals surface area contributed by atoms with Gasteiger partial charge in [0.05, 0.1) is 12.1 Å². The van der Waals surface area contributed by atoms with Crippen LogP contribution >= 0.6 is 23.4 Å². The number of thioether (sulfide) groups is 1. The number of benzene rings is 1. The van der Waals surface area contributed by atoms with Crippen molar-refractivity contribution < 1.29 is 14.3 Å². The van der Waals surface area contributed by atoms with E-state index in [1.54, 1.807) is 17.9 Å². The van der Waals surface area contributed by atoms with E-state index >= 15 is 0 Å². The highest BCUT2D eigenvalue weighted by atomic mass is 35.5. The van der Waals surface area contributed by atoms with Gasteiger partial charge in [-0.3, -0.25) is 9.69 Å². The standard InChI is InChI=1S/C19H23ClN4O3S/c1-12(28-17(9-21)27-3)22-18(26)24-11-19(6-7-23(10-19)13(2)25)15-8-14(20)4-5-16(15)24/h4-5,8-9H,1,6-7,10-11,21H2,2-3H3,(H,22,26)/b17-9-.